The molecule has 0 atom stereocenters. The monoisotopic (exact) mass is 120 g/mol. The Bertz CT molecular complexity index is 13.5. The van der Waals surface area contributed by atoms with Gasteiger partial charge in [-0.15, -0.1) is 0 Å². The molecule has 0 aliphatic heterocycles. The van der Waals surface area contributed by atoms with Crippen molar-refractivity contribution in [1.29, 1.82) is 0 Å². The third-order valence-electron chi connectivity index (χ3n) is 0.1000. The summed E-state index contributed by atoms with van der Waals surface area (Å²) in [7, 11) is 0. The summed E-state index contributed by atoms with van der Waals surface area (Å²) in [5.41, 5.74) is 0. The largest absolute Gasteiger partial charge is 1.00 e. The first kappa shape index (κ1) is 15.7. The molecule has 0 aromatic rings. The fourth-order valence-electron chi connectivity index (χ4n) is 0. The zero-order chi connectivity index (χ0) is 3.41. The van der Waals surface area contributed by atoms with Crippen molar-refractivity contribution in [2.75, 3.05) is 13.2 Å². The quantitative estimate of drug-likeness (QED) is 0.338. The molecule has 0 aliphatic rings. The Morgan fingerprint density at radius 3 is 1.17 bits per heavy atom. The maximum atomic E-state index is 7.62. The van der Waals surface area contributed by atoms with Gasteiger partial charge in [-0.3, -0.25) is 0 Å². The summed E-state index contributed by atoms with van der Waals surface area (Å²) < 4.78 is 0. The van der Waals surface area contributed by atoms with Crippen LogP contribution in [0.1, 0.15) is 0 Å². The van der Waals surface area contributed by atoms with Crippen LogP contribution in [0.15, 0.2) is 0 Å². The SMILES string of the molecule is OCCO.[Cl-].[Na+]. The summed E-state index contributed by atoms with van der Waals surface area (Å²) in [6.07, 6.45) is 0. The van der Waals surface area contributed by atoms with Crippen LogP contribution in [0.4, 0.5) is 0 Å². The normalized spacial score (nSPS) is 5.00. The van der Waals surface area contributed by atoms with Crippen molar-refractivity contribution in [1.82, 2.24) is 0 Å². The predicted octanol–water partition coefficient (Wildman–Crippen LogP) is -7.02. The number of rotatable bonds is 1. The topological polar surface area (TPSA) is 40.5 Å². The summed E-state index contributed by atoms with van der Waals surface area (Å²) >= 11 is 0. The van der Waals surface area contributed by atoms with E-state index in [0.717, 1.165) is 0 Å². The molecule has 0 radical (unpaired) electrons. The van der Waals surface area contributed by atoms with Gasteiger partial charge in [0.15, 0.2) is 0 Å². The maximum absolute atomic E-state index is 7.62. The molecule has 6 heavy (non-hydrogen) atoms. The molecule has 0 aliphatic carbocycles. The summed E-state index contributed by atoms with van der Waals surface area (Å²) in [6.45, 7) is -0.250. The zero-order valence-electron chi connectivity index (χ0n) is 3.69. The molecule has 0 unspecified atom stereocenters. The van der Waals surface area contributed by atoms with E-state index in [1.807, 2.05) is 0 Å². The van der Waals surface area contributed by atoms with Gasteiger partial charge in [0.2, 0.25) is 0 Å². The van der Waals surface area contributed by atoms with Gasteiger partial charge in [0.05, 0.1) is 13.2 Å². The minimum absolute atomic E-state index is 0. The van der Waals surface area contributed by atoms with Crippen LogP contribution >= 0.6 is 0 Å². The van der Waals surface area contributed by atoms with E-state index < -0.39 is 0 Å². The molecule has 0 amide bonds. The van der Waals surface area contributed by atoms with Crippen LogP contribution in [0, 0.1) is 0 Å². The van der Waals surface area contributed by atoms with Crippen molar-refractivity contribution in [3.63, 3.8) is 0 Å². The van der Waals surface area contributed by atoms with Gasteiger partial charge in [0, 0.05) is 0 Å². The number of aliphatic hydroxyl groups is 2. The molecular weight excluding hydrogens is 114 g/mol. The Morgan fingerprint density at radius 1 is 1.00 bits per heavy atom. The third kappa shape index (κ3) is 18.9. The van der Waals surface area contributed by atoms with Crippen LogP contribution < -0.4 is 42.0 Å². The summed E-state index contributed by atoms with van der Waals surface area (Å²) in [5.74, 6) is 0. The predicted molar refractivity (Wildman–Crippen MR) is 14.2 cm³/mol. The van der Waals surface area contributed by atoms with Gasteiger partial charge in [0.25, 0.3) is 0 Å². The van der Waals surface area contributed by atoms with Gasteiger partial charge in [-0.1, -0.05) is 0 Å². The Balaban J connectivity index is -0.0000000450. The molecule has 0 saturated heterocycles. The van der Waals surface area contributed by atoms with Crippen molar-refractivity contribution in [3.05, 3.63) is 0 Å². The first-order valence-electron chi connectivity index (χ1n) is 1.13. The zero-order valence-corrected chi connectivity index (χ0v) is 6.44. The van der Waals surface area contributed by atoms with E-state index in [0.29, 0.717) is 0 Å². The average molecular weight is 121 g/mol. The summed E-state index contributed by atoms with van der Waals surface area (Å²) in [4.78, 5) is 0. The molecule has 0 rings (SSSR count). The summed E-state index contributed by atoms with van der Waals surface area (Å²) in [5, 5.41) is 15.2. The Kier molecular flexibility index (Phi) is 42.8. The summed E-state index contributed by atoms with van der Waals surface area (Å²) in [6, 6.07) is 0. The molecule has 2 N–H and O–H groups in total. The van der Waals surface area contributed by atoms with Crippen molar-refractivity contribution >= 4 is 0 Å². The van der Waals surface area contributed by atoms with Gasteiger partial charge < -0.3 is 22.6 Å². The molecule has 0 fully saturated rings. The van der Waals surface area contributed by atoms with E-state index in [1.54, 1.807) is 0 Å². The van der Waals surface area contributed by atoms with Crippen LogP contribution in [-0.2, 0) is 0 Å². The van der Waals surface area contributed by atoms with Gasteiger partial charge in [0.1, 0.15) is 0 Å². The van der Waals surface area contributed by atoms with E-state index >= 15 is 0 Å². The van der Waals surface area contributed by atoms with E-state index in [-0.39, 0.29) is 55.2 Å². The standard InChI is InChI=1S/C2H6O2.ClH.Na/c3-1-2-4;;/h3-4H,1-2H2;1H;/q;;+1/p-1. The Hall–Kier alpha value is 1.21. The van der Waals surface area contributed by atoms with Crippen molar-refractivity contribution in [2.45, 2.75) is 0 Å². The van der Waals surface area contributed by atoms with Crippen molar-refractivity contribution in [2.24, 2.45) is 0 Å². The minimum Gasteiger partial charge on any atom is -1.00 e. The molecule has 0 spiro atoms. The van der Waals surface area contributed by atoms with E-state index in [2.05, 4.69) is 0 Å². The van der Waals surface area contributed by atoms with Gasteiger partial charge in [-0.2, -0.15) is 0 Å². The Labute approximate surface area is 65.3 Å². The third-order valence-corrected chi connectivity index (χ3v) is 0.1000. The van der Waals surface area contributed by atoms with Gasteiger partial charge in [-0.25, -0.2) is 0 Å². The first-order valence-corrected chi connectivity index (χ1v) is 1.13. The average Bonchev–Trinajstić information content (AvgIpc) is 1.37. The van der Waals surface area contributed by atoms with Crippen LogP contribution in [0.5, 0.6) is 0 Å². The molecule has 0 aromatic carbocycles. The molecule has 0 saturated carbocycles. The molecule has 4 heteroatoms. The van der Waals surface area contributed by atoms with Crippen LogP contribution in [-0.4, -0.2) is 23.4 Å². The second-order valence-corrected chi connectivity index (χ2v) is 0.447. The van der Waals surface area contributed by atoms with Gasteiger partial charge in [-0.05, 0) is 0 Å². The fourth-order valence-corrected chi connectivity index (χ4v) is 0. The van der Waals surface area contributed by atoms with E-state index in [1.165, 1.54) is 0 Å². The molecule has 34 valence electrons. The molecule has 2 nitrogen and oxygen atoms in total. The van der Waals surface area contributed by atoms with E-state index in [9.17, 15) is 0 Å². The fraction of sp³-hybridized carbons (Fsp3) is 1.00. The number of hydrogen-bond acceptors (Lipinski definition) is 2. The molecule has 0 aromatic heterocycles. The van der Waals surface area contributed by atoms with E-state index in [4.69, 9.17) is 10.2 Å². The second-order valence-electron chi connectivity index (χ2n) is 0.447. The second kappa shape index (κ2) is 16.4. The maximum Gasteiger partial charge on any atom is 1.00 e. The number of aliphatic hydroxyl groups excluding tert-OH is 2. The number of hydrogen-bond donors (Lipinski definition) is 2. The van der Waals surface area contributed by atoms with Crippen LogP contribution in [0.25, 0.3) is 0 Å². The number of halogens is 1. The van der Waals surface area contributed by atoms with Gasteiger partial charge >= 0.3 is 29.6 Å². The van der Waals surface area contributed by atoms with Crippen molar-refractivity contribution < 1.29 is 52.2 Å². The molecule has 0 heterocycles. The Morgan fingerprint density at radius 2 is 1.17 bits per heavy atom. The molecular formula is C2H6ClNaO2. The molecule has 0 bridgehead atoms. The van der Waals surface area contributed by atoms with Crippen molar-refractivity contribution in [3.8, 4) is 0 Å². The first-order chi connectivity index (χ1) is 1.91. The van der Waals surface area contributed by atoms with Crippen LogP contribution in [0.3, 0.4) is 0 Å². The van der Waals surface area contributed by atoms with Crippen LogP contribution in [0.2, 0.25) is 0 Å². The smallest absolute Gasteiger partial charge is 1.00 e. The minimum atomic E-state index is -0.125.